The molecule has 59 heavy (non-hydrogen) atoms. The molecule has 0 aliphatic heterocycles. The van der Waals surface area contributed by atoms with Crippen molar-refractivity contribution < 1.29 is 0 Å². The molecule has 0 amide bonds. The molecule has 1 heterocycles. The standard InChI is InChI=1S/C57H42N2/c1-57(2)51-24-14-12-23-49(51)55-47(43-30-36-53-50(38-43)48-22-13-15-25-52(48)59(53)44-20-10-5-11-21-44)35-37-54(56(55)57)58(45-31-26-41(27-32-45)39-16-6-3-7-17-39)46-33-28-42(29-34-46)40-18-8-4-9-19-40/h3-38H,1-2H3. The first-order chi connectivity index (χ1) is 29.0. The van der Waals surface area contributed by atoms with E-state index in [1.54, 1.807) is 0 Å². The highest BCUT2D eigenvalue weighted by Gasteiger charge is 2.40. The van der Waals surface area contributed by atoms with Gasteiger partial charge in [-0.05, 0) is 116 Å². The summed E-state index contributed by atoms with van der Waals surface area (Å²) >= 11 is 0. The molecule has 11 rings (SSSR count). The second-order valence-electron chi connectivity index (χ2n) is 16.1. The Kier molecular flexibility index (Phi) is 8.20. The Morgan fingerprint density at radius 1 is 0.390 bits per heavy atom. The van der Waals surface area contributed by atoms with Crippen molar-refractivity contribution in [1.29, 1.82) is 0 Å². The fourth-order valence-electron chi connectivity index (χ4n) is 9.60. The number of nitrogens with zero attached hydrogens (tertiary/aromatic N) is 2. The summed E-state index contributed by atoms with van der Waals surface area (Å²) < 4.78 is 2.39. The van der Waals surface area contributed by atoms with Crippen molar-refractivity contribution in [2.24, 2.45) is 0 Å². The highest BCUT2D eigenvalue weighted by atomic mass is 15.1. The van der Waals surface area contributed by atoms with Crippen molar-refractivity contribution in [1.82, 2.24) is 4.57 Å². The lowest BCUT2D eigenvalue weighted by Crippen LogP contribution is -2.20. The number of rotatable bonds is 7. The molecule has 2 heteroatoms. The van der Waals surface area contributed by atoms with Crippen LogP contribution in [0.1, 0.15) is 25.0 Å². The fraction of sp³-hybridized carbons (Fsp3) is 0.0526. The van der Waals surface area contributed by atoms with E-state index in [0.717, 1.165) is 11.4 Å². The van der Waals surface area contributed by atoms with Crippen LogP contribution in [0.4, 0.5) is 17.1 Å². The van der Waals surface area contributed by atoms with Crippen LogP contribution in [0.5, 0.6) is 0 Å². The molecule has 10 aromatic rings. The second kappa shape index (κ2) is 13.9. The Morgan fingerprint density at radius 3 is 1.54 bits per heavy atom. The van der Waals surface area contributed by atoms with E-state index < -0.39 is 0 Å². The molecule has 0 saturated heterocycles. The molecule has 0 bridgehead atoms. The second-order valence-corrected chi connectivity index (χ2v) is 16.1. The molecular formula is C57H42N2. The van der Waals surface area contributed by atoms with Gasteiger partial charge in [-0.2, -0.15) is 0 Å². The molecule has 0 spiro atoms. The van der Waals surface area contributed by atoms with E-state index >= 15 is 0 Å². The Morgan fingerprint density at radius 2 is 0.898 bits per heavy atom. The Balaban J connectivity index is 1.13. The largest absolute Gasteiger partial charge is 0.310 e. The lowest BCUT2D eigenvalue weighted by Gasteiger charge is -2.33. The van der Waals surface area contributed by atoms with Gasteiger partial charge in [-0.15, -0.1) is 0 Å². The zero-order chi connectivity index (χ0) is 39.5. The van der Waals surface area contributed by atoms with E-state index in [2.05, 4.69) is 242 Å². The molecule has 1 aliphatic carbocycles. The molecule has 280 valence electrons. The topological polar surface area (TPSA) is 8.17 Å². The van der Waals surface area contributed by atoms with Gasteiger partial charge in [0.2, 0.25) is 0 Å². The summed E-state index contributed by atoms with van der Waals surface area (Å²) in [5.74, 6) is 0. The highest BCUT2D eigenvalue weighted by molar-refractivity contribution is 6.11. The lowest BCUT2D eigenvalue weighted by molar-refractivity contribution is 0.661. The first-order valence-electron chi connectivity index (χ1n) is 20.5. The first kappa shape index (κ1) is 34.8. The minimum absolute atomic E-state index is 0.267. The number of aromatic nitrogens is 1. The number of hydrogen-bond donors (Lipinski definition) is 0. The lowest BCUT2D eigenvalue weighted by atomic mass is 9.80. The van der Waals surface area contributed by atoms with E-state index in [1.165, 1.54) is 88.8 Å². The third kappa shape index (κ3) is 5.71. The van der Waals surface area contributed by atoms with Gasteiger partial charge in [0.05, 0.1) is 16.7 Å². The summed E-state index contributed by atoms with van der Waals surface area (Å²) in [4.78, 5) is 2.47. The molecule has 0 unspecified atom stereocenters. The van der Waals surface area contributed by atoms with Crippen molar-refractivity contribution in [2.75, 3.05) is 4.90 Å². The number of hydrogen-bond acceptors (Lipinski definition) is 1. The maximum atomic E-state index is 2.47. The SMILES string of the molecule is CC1(C)c2ccccc2-c2c(-c3ccc4c(c3)c3ccccc3n4-c3ccccc3)ccc(N(c3ccc(-c4ccccc4)cc3)c3ccc(-c4ccccc4)cc3)c21. The third-order valence-electron chi connectivity index (χ3n) is 12.4. The molecule has 1 aliphatic rings. The van der Waals surface area contributed by atoms with E-state index in [1.807, 2.05) is 0 Å². The Bertz CT molecular complexity index is 3060. The monoisotopic (exact) mass is 754 g/mol. The Hall–Kier alpha value is -7.42. The molecule has 2 nitrogen and oxygen atoms in total. The van der Waals surface area contributed by atoms with E-state index in [9.17, 15) is 0 Å². The summed E-state index contributed by atoms with van der Waals surface area (Å²) in [6.45, 7) is 4.80. The van der Waals surface area contributed by atoms with Crippen LogP contribution in [-0.2, 0) is 5.41 Å². The summed E-state index contributed by atoms with van der Waals surface area (Å²) in [7, 11) is 0. The summed E-state index contributed by atoms with van der Waals surface area (Å²) in [6.07, 6.45) is 0. The maximum Gasteiger partial charge on any atom is 0.0541 e. The molecule has 9 aromatic carbocycles. The van der Waals surface area contributed by atoms with Crippen LogP contribution >= 0.6 is 0 Å². The van der Waals surface area contributed by atoms with Crippen LogP contribution in [0.15, 0.2) is 218 Å². The normalized spacial score (nSPS) is 12.7. The van der Waals surface area contributed by atoms with Crippen molar-refractivity contribution in [3.8, 4) is 50.2 Å². The predicted octanol–water partition coefficient (Wildman–Crippen LogP) is 15.6. The average Bonchev–Trinajstić information content (AvgIpc) is 3.76. The number of benzene rings is 9. The van der Waals surface area contributed by atoms with Crippen LogP contribution in [0.2, 0.25) is 0 Å². The molecule has 0 fully saturated rings. The zero-order valence-electron chi connectivity index (χ0n) is 33.2. The molecule has 0 atom stereocenters. The van der Waals surface area contributed by atoms with Crippen LogP contribution in [0, 0.1) is 0 Å². The summed E-state index contributed by atoms with van der Waals surface area (Å²) in [5.41, 5.74) is 19.3. The van der Waals surface area contributed by atoms with Crippen molar-refractivity contribution in [3.63, 3.8) is 0 Å². The highest BCUT2D eigenvalue weighted by Crippen LogP contribution is 2.57. The van der Waals surface area contributed by atoms with Crippen molar-refractivity contribution in [3.05, 3.63) is 230 Å². The quantitative estimate of drug-likeness (QED) is 0.157. The van der Waals surface area contributed by atoms with Gasteiger partial charge in [0.1, 0.15) is 0 Å². The van der Waals surface area contributed by atoms with Gasteiger partial charge >= 0.3 is 0 Å². The smallest absolute Gasteiger partial charge is 0.0541 e. The summed E-state index contributed by atoms with van der Waals surface area (Å²) in [6, 6.07) is 79.7. The van der Waals surface area contributed by atoms with Crippen LogP contribution in [0.25, 0.3) is 72.0 Å². The number of para-hydroxylation sites is 2. The Labute approximate surface area is 345 Å². The maximum absolute atomic E-state index is 2.47. The van der Waals surface area contributed by atoms with Crippen LogP contribution in [0.3, 0.4) is 0 Å². The zero-order valence-corrected chi connectivity index (χ0v) is 33.2. The van der Waals surface area contributed by atoms with E-state index in [-0.39, 0.29) is 5.41 Å². The minimum Gasteiger partial charge on any atom is -0.310 e. The average molecular weight is 755 g/mol. The molecule has 0 N–H and O–H groups in total. The van der Waals surface area contributed by atoms with E-state index in [0.29, 0.717) is 0 Å². The fourth-order valence-corrected chi connectivity index (χ4v) is 9.60. The summed E-state index contributed by atoms with van der Waals surface area (Å²) in [5, 5.41) is 2.51. The van der Waals surface area contributed by atoms with Gasteiger partial charge in [0, 0.05) is 33.2 Å². The van der Waals surface area contributed by atoms with Crippen molar-refractivity contribution in [2.45, 2.75) is 19.3 Å². The molecular weight excluding hydrogens is 713 g/mol. The third-order valence-corrected chi connectivity index (χ3v) is 12.4. The van der Waals surface area contributed by atoms with Crippen LogP contribution < -0.4 is 4.90 Å². The van der Waals surface area contributed by atoms with Gasteiger partial charge in [0.15, 0.2) is 0 Å². The predicted molar refractivity (Wildman–Crippen MR) is 249 cm³/mol. The van der Waals surface area contributed by atoms with Gasteiger partial charge in [-0.1, -0.05) is 172 Å². The number of anilines is 3. The van der Waals surface area contributed by atoms with Gasteiger partial charge in [0.25, 0.3) is 0 Å². The van der Waals surface area contributed by atoms with E-state index in [4.69, 9.17) is 0 Å². The molecule has 0 radical (unpaired) electrons. The molecule has 1 aromatic heterocycles. The van der Waals surface area contributed by atoms with Gasteiger partial charge in [-0.25, -0.2) is 0 Å². The first-order valence-corrected chi connectivity index (χ1v) is 20.5. The van der Waals surface area contributed by atoms with Crippen molar-refractivity contribution >= 4 is 38.9 Å². The molecule has 0 saturated carbocycles. The van der Waals surface area contributed by atoms with Gasteiger partial charge in [-0.3, -0.25) is 0 Å². The minimum atomic E-state index is -0.267. The van der Waals surface area contributed by atoms with Gasteiger partial charge < -0.3 is 9.47 Å². The number of fused-ring (bicyclic) bond motifs is 6. The van der Waals surface area contributed by atoms with Crippen LogP contribution in [-0.4, -0.2) is 4.57 Å².